The first-order chi connectivity index (χ1) is 8.12. The standard InChI is InChI=1S/C10H6F5IO2/c1-4(17)5-2-6(10(13,14)15)8(16)7(3-5)18-9(11)12/h2-3,9H,1H3. The molecule has 0 radical (unpaired) electrons. The van der Waals surface area contributed by atoms with Crippen LogP contribution in [0.15, 0.2) is 12.1 Å². The summed E-state index contributed by atoms with van der Waals surface area (Å²) in [5.74, 6) is -1.33. The van der Waals surface area contributed by atoms with E-state index >= 15 is 0 Å². The number of hydrogen-bond acceptors (Lipinski definition) is 2. The molecule has 0 aliphatic rings. The van der Waals surface area contributed by atoms with Crippen molar-refractivity contribution in [2.45, 2.75) is 19.7 Å². The molecule has 1 aromatic carbocycles. The molecule has 1 rings (SSSR count). The zero-order valence-electron chi connectivity index (χ0n) is 8.82. The summed E-state index contributed by atoms with van der Waals surface area (Å²) < 4.78 is 65.6. The minimum atomic E-state index is -4.75. The molecule has 0 fully saturated rings. The quantitative estimate of drug-likeness (QED) is 0.448. The number of benzene rings is 1. The summed E-state index contributed by atoms with van der Waals surface area (Å²) in [5.41, 5.74) is -1.51. The van der Waals surface area contributed by atoms with E-state index in [0.717, 1.165) is 13.0 Å². The van der Waals surface area contributed by atoms with Crippen molar-refractivity contribution >= 4 is 28.4 Å². The van der Waals surface area contributed by atoms with Gasteiger partial charge in [0.05, 0.1) is 9.13 Å². The van der Waals surface area contributed by atoms with Crippen LogP contribution in [0.4, 0.5) is 22.0 Å². The lowest BCUT2D eigenvalue weighted by molar-refractivity contribution is -0.138. The van der Waals surface area contributed by atoms with Crippen LogP contribution in [-0.2, 0) is 6.18 Å². The average molecular weight is 380 g/mol. The Labute approximate surface area is 112 Å². The molecule has 0 amide bonds. The zero-order chi connectivity index (χ0) is 14.1. The number of rotatable bonds is 3. The third-order valence-electron chi connectivity index (χ3n) is 1.97. The third-order valence-corrected chi connectivity index (χ3v) is 3.08. The Morgan fingerprint density at radius 1 is 1.33 bits per heavy atom. The monoisotopic (exact) mass is 380 g/mol. The molecule has 0 N–H and O–H groups in total. The van der Waals surface area contributed by atoms with Gasteiger partial charge < -0.3 is 4.74 Å². The minimum Gasteiger partial charge on any atom is -0.434 e. The van der Waals surface area contributed by atoms with Gasteiger partial charge in [-0.05, 0) is 41.6 Å². The topological polar surface area (TPSA) is 26.3 Å². The van der Waals surface area contributed by atoms with Gasteiger partial charge in [-0.25, -0.2) is 0 Å². The van der Waals surface area contributed by atoms with Gasteiger partial charge in [0.25, 0.3) is 0 Å². The maximum Gasteiger partial charge on any atom is 0.417 e. The van der Waals surface area contributed by atoms with Gasteiger partial charge in [-0.15, -0.1) is 0 Å². The van der Waals surface area contributed by atoms with E-state index in [0.29, 0.717) is 6.07 Å². The highest BCUT2D eigenvalue weighted by Gasteiger charge is 2.35. The summed E-state index contributed by atoms with van der Waals surface area (Å²) in [4.78, 5) is 11.1. The van der Waals surface area contributed by atoms with Crippen molar-refractivity contribution in [3.05, 3.63) is 26.8 Å². The number of ketones is 1. The van der Waals surface area contributed by atoms with E-state index in [-0.39, 0.29) is 5.56 Å². The summed E-state index contributed by atoms with van der Waals surface area (Å²) in [6.07, 6.45) is -4.75. The molecule has 8 heteroatoms. The summed E-state index contributed by atoms with van der Waals surface area (Å²) in [6.45, 7) is -2.23. The van der Waals surface area contributed by atoms with Gasteiger partial charge in [0.15, 0.2) is 5.78 Å². The van der Waals surface area contributed by atoms with Crippen molar-refractivity contribution in [1.82, 2.24) is 0 Å². The van der Waals surface area contributed by atoms with Crippen LogP contribution in [0.1, 0.15) is 22.8 Å². The lowest BCUT2D eigenvalue weighted by Gasteiger charge is -2.14. The zero-order valence-corrected chi connectivity index (χ0v) is 11.0. The first-order valence-corrected chi connectivity index (χ1v) is 5.57. The Bertz CT molecular complexity index is 470. The highest BCUT2D eigenvalue weighted by atomic mass is 127. The van der Waals surface area contributed by atoms with Gasteiger partial charge in [0.2, 0.25) is 0 Å². The molecule has 0 aromatic heterocycles. The molecule has 0 unspecified atom stereocenters. The summed E-state index contributed by atoms with van der Waals surface area (Å²) in [5, 5.41) is 0. The number of carbonyl (C=O) groups is 1. The van der Waals surface area contributed by atoms with Crippen molar-refractivity contribution in [2.24, 2.45) is 0 Å². The molecular weight excluding hydrogens is 374 g/mol. The van der Waals surface area contributed by atoms with Crippen molar-refractivity contribution in [3.63, 3.8) is 0 Å². The Kier molecular flexibility index (Phi) is 4.51. The first-order valence-electron chi connectivity index (χ1n) is 4.49. The molecule has 0 saturated heterocycles. The molecule has 18 heavy (non-hydrogen) atoms. The van der Waals surface area contributed by atoms with Crippen molar-refractivity contribution < 1.29 is 31.5 Å². The normalized spacial score (nSPS) is 11.8. The number of Topliss-reactive ketones (excluding diaryl/α,β-unsaturated/α-hetero) is 1. The predicted molar refractivity (Wildman–Crippen MR) is 60.8 cm³/mol. The molecule has 0 aliphatic heterocycles. The second kappa shape index (κ2) is 5.37. The van der Waals surface area contributed by atoms with Gasteiger partial charge in [-0.1, -0.05) is 0 Å². The molecule has 0 bridgehead atoms. The highest BCUT2D eigenvalue weighted by molar-refractivity contribution is 14.1. The Morgan fingerprint density at radius 3 is 2.28 bits per heavy atom. The molecule has 1 aromatic rings. The van der Waals surface area contributed by atoms with E-state index in [4.69, 9.17) is 0 Å². The maximum absolute atomic E-state index is 12.7. The van der Waals surface area contributed by atoms with Crippen molar-refractivity contribution in [3.8, 4) is 5.75 Å². The third kappa shape index (κ3) is 3.53. The fourth-order valence-electron chi connectivity index (χ4n) is 1.19. The molecule has 0 saturated carbocycles. The second-order valence-corrected chi connectivity index (χ2v) is 4.35. The van der Waals surface area contributed by atoms with E-state index in [1.54, 1.807) is 0 Å². The van der Waals surface area contributed by atoms with Crippen LogP contribution >= 0.6 is 22.6 Å². The fourth-order valence-corrected chi connectivity index (χ4v) is 1.93. The van der Waals surface area contributed by atoms with E-state index in [1.165, 1.54) is 22.6 Å². The van der Waals surface area contributed by atoms with Crippen molar-refractivity contribution in [1.29, 1.82) is 0 Å². The average Bonchev–Trinajstić information content (AvgIpc) is 2.18. The lowest BCUT2D eigenvalue weighted by Crippen LogP contribution is -2.13. The lowest BCUT2D eigenvalue weighted by atomic mass is 10.1. The van der Waals surface area contributed by atoms with E-state index in [2.05, 4.69) is 4.74 Å². The Hall–Kier alpha value is -0.930. The molecule has 0 spiro atoms. The fraction of sp³-hybridized carbons (Fsp3) is 0.300. The largest absolute Gasteiger partial charge is 0.434 e. The van der Waals surface area contributed by atoms with Gasteiger partial charge in [0.1, 0.15) is 5.75 Å². The summed E-state index contributed by atoms with van der Waals surface area (Å²) in [7, 11) is 0. The second-order valence-electron chi connectivity index (χ2n) is 3.27. The van der Waals surface area contributed by atoms with Crippen LogP contribution in [0.25, 0.3) is 0 Å². The number of ether oxygens (including phenoxy) is 1. The first kappa shape index (κ1) is 15.1. The number of carbonyl (C=O) groups excluding carboxylic acids is 1. The number of halogens is 6. The van der Waals surface area contributed by atoms with Gasteiger partial charge in [-0.2, -0.15) is 22.0 Å². The van der Waals surface area contributed by atoms with Gasteiger partial charge in [0, 0.05) is 5.56 Å². The van der Waals surface area contributed by atoms with Gasteiger partial charge >= 0.3 is 12.8 Å². The molecule has 0 atom stereocenters. The molecule has 0 heterocycles. The van der Waals surface area contributed by atoms with E-state index < -0.39 is 33.5 Å². The molecule has 2 nitrogen and oxygen atoms in total. The molecule has 100 valence electrons. The number of hydrogen-bond donors (Lipinski definition) is 0. The highest BCUT2D eigenvalue weighted by Crippen LogP contribution is 2.38. The van der Waals surface area contributed by atoms with Crippen LogP contribution in [-0.4, -0.2) is 12.4 Å². The predicted octanol–water partition coefficient (Wildman–Crippen LogP) is 4.11. The van der Waals surface area contributed by atoms with Crippen LogP contribution in [0, 0.1) is 3.57 Å². The minimum absolute atomic E-state index is 0.335. The van der Waals surface area contributed by atoms with Gasteiger partial charge in [-0.3, -0.25) is 4.79 Å². The van der Waals surface area contributed by atoms with Crippen LogP contribution in [0.3, 0.4) is 0 Å². The number of alkyl halides is 5. The maximum atomic E-state index is 12.7. The SMILES string of the molecule is CC(=O)c1cc(OC(F)F)c(I)c(C(F)(F)F)c1. The Balaban J connectivity index is 3.43. The van der Waals surface area contributed by atoms with Crippen LogP contribution in [0.2, 0.25) is 0 Å². The van der Waals surface area contributed by atoms with Crippen molar-refractivity contribution in [2.75, 3.05) is 0 Å². The smallest absolute Gasteiger partial charge is 0.417 e. The summed E-state index contributed by atoms with van der Waals surface area (Å²) in [6, 6.07) is 1.48. The molecule has 0 aliphatic carbocycles. The van der Waals surface area contributed by atoms with E-state index in [1.807, 2.05) is 0 Å². The van der Waals surface area contributed by atoms with Crippen LogP contribution < -0.4 is 4.74 Å². The van der Waals surface area contributed by atoms with Crippen LogP contribution in [0.5, 0.6) is 5.75 Å². The van der Waals surface area contributed by atoms with E-state index in [9.17, 15) is 26.7 Å². The Morgan fingerprint density at radius 2 is 1.89 bits per heavy atom. The molecular formula is C10H6F5IO2. The summed E-state index contributed by atoms with van der Waals surface area (Å²) >= 11 is 1.25.